The highest BCUT2D eigenvalue weighted by Crippen LogP contribution is 2.32. The van der Waals surface area contributed by atoms with Crippen LogP contribution in [0.4, 0.5) is 10.2 Å². The lowest BCUT2D eigenvalue weighted by Crippen LogP contribution is -2.44. The van der Waals surface area contributed by atoms with E-state index < -0.39 is 0 Å². The highest BCUT2D eigenvalue weighted by atomic mass is 19.1. The van der Waals surface area contributed by atoms with Gasteiger partial charge in [0.25, 0.3) is 0 Å². The largest absolute Gasteiger partial charge is 0.352 e. The predicted molar refractivity (Wildman–Crippen MR) is 100.0 cm³/mol. The van der Waals surface area contributed by atoms with Gasteiger partial charge in [-0.15, -0.1) is 0 Å². The van der Waals surface area contributed by atoms with Gasteiger partial charge in [0.05, 0.1) is 18.1 Å². The van der Waals surface area contributed by atoms with Crippen molar-refractivity contribution in [1.29, 1.82) is 0 Å². The van der Waals surface area contributed by atoms with Crippen LogP contribution in [0.5, 0.6) is 0 Å². The first-order valence-corrected chi connectivity index (χ1v) is 9.14. The van der Waals surface area contributed by atoms with Gasteiger partial charge in [-0.1, -0.05) is 19.9 Å². The van der Waals surface area contributed by atoms with Crippen LogP contribution in [0.3, 0.4) is 0 Å². The van der Waals surface area contributed by atoms with Crippen molar-refractivity contribution >= 4 is 11.5 Å². The molecule has 26 heavy (non-hydrogen) atoms. The van der Waals surface area contributed by atoms with Gasteiger partial charge in [-0.05, 0) is 18.4 Å². The molecule has 1 fully saturated rings. The molecule has 0 aromatic carbocycles. The Bertz CT molecular complexity index is 916. The molecule has 0 aliphatic carbocycles. The van der Waals surface area contributed by atoms with E-state index in [-0.39, 0.29) is 5.82 Å². The second-order valence-electron chi connectivity index (χ2n) is 6.72. The third-order valence-electron chi connectivity index (χ3n) is 5.05. The summed E-state index contributed by atoms with van der Waals surface area (Å²) in [7, 11) is 0. The van der Waals surface area contributed by atoms with Gasteiger partial charge in [-0.25, -0.2) is 13.9 Å². The minimum atomic E-state index is -0.345. The van der Waals surface area contributed by atoms with Crippen molar-refractivity contribution in [1.82, 2.24) is 24.9 Å². The molecule has 6 nitrogen and oxygen atoms in total. The van der Waals surface area contributed by atoms with Crippen LogP contribution in [0.1, 0.15) is 31.9 Å². The number of nitrogens with one attached hydrogen (secondary N) is 1. The normalized spacial score (nSPS) is 16.2. The predicted octanol–water partition coefficient (Wildman–Crippen LogP) is 2.85. The average molecular weight is 354 g/mol. The zero-order valence-electron chi connectivity index (χ0n) is 15.1. The number of rotatable bonds is 4. The van der Waals surface area contributed by atoms with E-state index in [0.717, 1.165) is 49.4 Å². The molecule has 0 saturated carbocycles. The maximum atomic E-state index is 14.6. The SMILES string of the molecule is CCC(C)c1ncccc1-c1cnn2cc(F)c(N3CCNCC3)nc12. The molecular formula is C19H23FN6. The van der Waals surface area contributed by atoms with Gasteiger partial charge < -0.3 is 10.2 Å². The van der Waals surface area contributed by atoms with E-state index in [2.05, 4.69) is 34.2 Å². The third-order valence-corrected chi connectivity index (χ3v) is 5.05. The van der Waals surface area contributed by atoms with Gasteiger partial charge in [0.15, 0.2) is 17.3 Å². The number of aromatic nitrogens is 4. The molecule has 136 valence electrons. The summed E-state index contributed by atoms with van der Waals surface area (Å²) < 4.78 is 16.1. The van der Waals surface area contributed by atoms with Gasteiger partial charge in [0, 0.05) is 43.5 Å². The fraction of sp³-hybridized carbons (Fsp3) is 0.421. The Hall–Kier alpha value is -2.54. The van der Waals surface area contributed by atoms with Crippen molar-refractivity contribution in [2.24, 2.45) is 0 Å². The molecule has 1 aliphatic heterocycles. The molecule has 0 bridgehead atoms. The molecule has 1 N–H and O–H groups in total. The van der Waals surface area contributed by atoms with Crippen LogP contribution in [0.15, 0.2) is 30.7 Å². The number of pyridine rings is 1. The number of anilines is 1. The third kappa shape index (κ3) is 2.92. The summed E-state index contributed by atoms with van der Waals surface area (Å²) in [6.07, 6.45) is 5.99. The van der Waals surface area contributed by atoms with Crippen molar-refractivity contribution in [3.63, 3.8) is 0 Å². The number of piperazine rings is 1. The molecule has 3 aromatic heterocycles. The Morgan fingerprint density at radius 2 is 2.08 bits per heavy atom. The molecular weight excluding hydrogens is 331 g/mol. The fourth-order valence-corrected chi connectivity index (χ4v) is 3.40. The van der Waals surface area contributed by atoms with Gasteiger partial charge in [0.1, 0.15) is 0 Å². The Balaban J connectivity index is 1.85. The average Bonchev–Trinajstić information content (AvgIpc) is 3.09. The molecule has 1 saturated heterocycles. The van der Waals surface area contributed by atoms with Crippen molar-refractivity contribution < 1.29 is 4.39 Å². The molecule has 4 heterocycles. The lowest BCUT2D eigenvalue weighted by Gasteiger charge is -2.28. The van der Waals surface area contributed by atoms with Crippen molar-refractivity contribution in [3.8, 4) is 11.1 Å². The molecule has 1 aliphatic rings. The molecule has 0 radical (unpaired) electrons. The second-order valence-corrected chi connectivity index (χ2v) is 6.72. The molecule has 0 spiro atoms. The lowest BCUT2D eigenvalue weighted by molar-refractivity contribution is 0.554. The summed E-state index contributed by atoms with van der Waals surface area (Å²) in [6, 6.07) is 3.96. The number of halogens is 1. The monoisotopic (exact) mass is 354 g/mol. The van der Waals surface area contributed by atoms with Crippen LogP contribution < -0.4 is 10.2 Å². The first-order valence-electron chi connectivity index (χ1n) is 9.14. The molecule has 0 amide bonds. The standard InChI is InChI=1S/C19H23FN6/c1-3-13(2)17-14(5-4-6-22-17)15-11-23-26-12-16(20)19(24-18(15)26)25-9-7-21-8-10-25/h4-6,11-13,21H,3,7-10H2,1-2H3. The lowest BCUT2D eigenvalue weighted by atomic mass is 9.96. The smallest absolute Gasteiger partial charge is 0.184 e. The first-order chi connectivity index (χ1) is 12.7. The molecule has 4 rings (SSSR count). The summed E-state index contributed by atoms with van der Waals surface area (Å²) in [4.78, 5) is 11.2. The molecule has 3 aromatic rings. The van der Waals surface area contributed by atoms with Gasteiger partial charge in [-0.2, -0.15) is 5.10 Å². The van der Waals surface area contributed by atoms with Crippen LogP contribution in [0.25, 0.3) is 16.8 Å². The molecule has 7 heteroatoms. The number of fused-ring (bicyclic) bond motifs is 1. The van der Waals surface area contributed by atoms with Crippen LogP contribution in [-0.2, 0) is 0 Å². The Morgan fingerprint density at radius 3 is 2.85 bits per heavy atom. The highest BCUT2D eigenvalue weighted by molar-refractivity contribution is 5.79. The van der Waals surface area contributed by atoms with Gasteiger partial charge in [0.2, 0.25) is 0 Å². The molecule has 1 atom stereocenters. The number of hydrogen-bond acceptors (Lipinski definition) is 5. The highest BCUT2D eigenvalue weighted by Gasteiger charge is 2.21. The van der Waals surface area contributed by atoms with E-state index in [1.54, 1.807) is 6.20 Å². The van der Waals surface area contributed by atoms with E-state index in [1.807, 2.05) is 23.2 Å². The minimum Gasteiger partial charge on any atom is -0.352 e. The maximum absolute atomic E-state index is 14.6. The quantitative estimate of drug-likeness (QED) is 0.781. The topological polar surface area (TPSA) is 58.4 Å². The number of hydrogen-bond donors (Lipinski definition) is 1. The van der Waals surface area contributed by atoms with E-state index in [1.165, 1.54) is 10.7 Å². The van der Waals surface area contributed by atoms with Gasteiger partial charge >= 0.3 is 0 Å². The van der Waals surface area contributed by atoms with E-state index in [0.29, 0.717) is 17.4 Å². The minimum absolute atomic E-state index is 0.328. The first kappa shape index (κ1) is 16.9. The Morgan fingerprint density at radius 1 is 1.27 bits per heavy atom. The zero-order valence-corrected chi connectivity index (χ0v) is 15.1. The summed E-state index contributed by atoms with van der Waals surface area (Å²) in [5.41, 5.74) is 3.60. The summed E-state index contributed by atoms with van der Waals surface area (Å²) in [5.74, 6) is 0.381. The van der Waals surface area contributed by atoms with Crippen molar-refractivity contribution in [2.45, 2.75) is 26.2 Å². The Kier molecular flexibility index (Phi) is 4.55. The summed E-state index contributed by atoms with van der Waals surface area (Å²) >= 11 is 0. The summed E-state index contributed by atoms with van der Waals surface area (Å²) in [5, 5.41) is 7.61. The Labute approximate surface area is 152 Å². The number of nitrogens with zero attached hydrogens (tertiary/aromatic N) is 5. The van der Waals surface area contributed by atoms with Crippen molar-refractivity contribution in [2.75, 3.05) is 31.1 Å². The van der Waals surface area contributed by atoms with Crippen molar-refractivity contribution in [3.05, 3.63) is 42.2 Å². The van der Waals surface area contributed by atoms with Crippen LogP contribution in [0.2, 0.25) is 0 Å². The van der Waals surface area contributed by atoms with Crippen LogP contribution in [-0.4, -0.2) is 45.8 Å². The van der Waals surface area contributed by atoms with Crippen LogP contribution >= 0.6 is 0 Å². The second kappa shape index (κ2) is 6.99. The van der Waals surface area contributed by atoms with E-state index in [9.17, 15) is 4.39 Å². The van der Waals surface area contributed by atoms with E-state index in [4.69, 9.17) is 0 Å². The fourth-order valence-electron chi connectivity index (χ4n) is 3.40. The van der Waals surface area contributed by atoms with Crippen LogP contribution in [0, 0.1) is 5.82 Å². The van der Waals surface area contributed by atoms with Gasteiger partial charge in [-0.3, -0.25) is 4.98 Å². The zero-order chi connectivity index (χ0) is 18.1. The molecule has 1 unspecified atom stereocenters. The maximum Gasteiger partial charge on any atom is 0.184 e. The van der Waals surface area contributed by atoms with E-state index >= 15 is 0 Å². The summed E-state index contributed by atoms with van der Waals surface area (Å²) in [6.45, 7) is 7.47.